The Bertz CT molecular complexity index is 1710. The maximum absolute atomic E-state index is 14.1. The van der Waals surface area contributed by atoms with Crippen molar-refractivity contribution in [3.05, 3.63) is 96.6 Å². The van der Waals surface area contributed by atoms with Gasteiger partial charge in [0.05, 0.1) is 47.0 Å². The van der Waals surface area contributed by atoms with Crippen molar-refractivity contribution in [1.82, 2.24) is 0 Å². The Labute approximate surface area is 232 Å². The summed E-state index contributed by atoms with van der Waals surface area (Å²) in [7, 11) is 0. The fraction of sp³-hybridized carbons (Fsp3) is 0.265. The number of hydrogen-bond acceptors (Lipinski definition) is 5. The summed E-state index contributed by atoms with van der Waals surface area (Å²) in [5.41, 5.74) is 1.79. The van der Waals surface area contributed by atoms with E-state index < -0.39 is 23.0 Å². The molecule has 3 aliphatic heterocycles. The van der Waals surface area contributed by atoms with Gasteiger partial charge in [0.25, 0.3) is 0 Å². The highest BCUT2D eigenvalue weighted by Crippen LogP contribution is 2.62. The topological polar surface area (TPSA) is 79.6 Å². The highest BCUT2D eigenvalue weighted by atomic mass is 16.5. The molecule has 0 unspecified atom stereocenters. The summed E-state index contributed by atoms with van der Waals surface area (Å²) in [5, 5.41) is 11.0. The molecule has 0 aliphatic carbocycles. The SMILES string of the molecule is C[C@]12CC[C@](CCOc3cccc(-c4ccccc4)c3)(O1)[C@@H]1C(=O)N(c3ccc(C#N)c4ccccc34)C(=O)[C@@H]12. The van der Waals surface area contributed by atoms with Gasteiger partial charge >= 0.3 is 0 Å². The lowest BCUT2D eigenvalue weighted by molar-refractivity contribution is -0.131. The van der Waals surface area contributed by atoms with Crippen LogP contribution < -0.4 is 9.64 Å². The maximum atomic E-state index is 14.1. The molecule has 40 heavy (non-hydrogen) atoms. The summed E-state index contributed by atoms with van der Waals surface area (Å²) in [6.45, 7) is 2.34. The van der Waals surface area contributed by atoms with Crippen LogP contribution in [-0.4, -0.2) is 29.6 Å². The lowest BCUT2D eigenvalue weighted by Crippen LogP contribution is -2.43. The molecule has 0 aromatic heterocycles. The van der Waals surface area contributed by atoms with Crippen molar-refractivity contribution in [2.24, 2.45) is 11.8 Å². The second-order valence-corrected chi connectivity index (χ2v) is 11.2. The van der Waals surface area contributed by atoms with Crippen LogP contribution in [0.15, 0.2) is 91.0 Å². The Morgan fingerprint density at radius 1 is 0.875 bits per heavy atom. The molecule has 0 saturated carbocycles. The van der Waals surface area contributed by atoms with Gasteiger partial charge in [0.2, 0.25) is 11.8 Å². The predicted octanol–water partition coefficient (Wildman–Crippen LogP) is 6.27. The van der Waals surface area contributed by atoms with Gasteiger partial charge in [0, 0.05) is 17.2 Å². The number of nitrogens with zero attached hydrogens (tertiary/aromatic N) is 2. The van der Waals surface area contributed by atoms with Crippen molar-refractivity contribution in [3.63, 3.8) is 0 Å². The van der Waals surface area contributed by atoms with Gasteiger partial charge in [-0.3, -0.25) is 9.59 Å². The third kappa shape index (κ3) is 3.58. The third-order valence-corrected chi connectivity index (χ3v) is 9.01. The molecule has 6 nitrogen and oxygen atoms in total. The van der Waals surface area contributed by atoms with Crippen LogP contribution in [0, 0.1) is 23.2 Å². The molecular formula is C34H28N2O4. The summed E-state index contributed by atoms with van der Waals surface area (Å²) in [6.07, 6.45) is 1.94. The lowest BCUT2D eigenvalue weighted by atomic mass is 9.67. The summed E-state index contributed by atoms with van der Waals surface area (Å²) in [4.78, 5) is 29.4. The number of nitriles is 1. The van der Waals surface area contributed by atoms with Gasteiger partial charge in [-0.1, -0.05) is 66.7 Å². The normalized spacial score (nSPS) is 26.8. The van der Waals surface area contributed by atoms with E-state index in [4.69, 9.17) is 9.47 Å². The predicted molar refractivity (Wildman–Crippen MR) is 152 cm³/mol. The van der Waals surface area contributed by atoms with E-state index in [1.807, 2.05) is 67.6 Å². The van der Waals surface area contributed by atoms with Gasteiger partial charge in [-0.05, 0) is 55.2 Å². The first-order chi connectivity index (χ1) is 19.4. The van der Waals surface area contributed by atoms with Crippen LogP contribution in [-0.2, 0) is 14.3 Å². The quantitative estimate of drug-likeness (QED) is 0.276. The van der Waals surface area contributed by atoms with Crippen LogP contribution in [0.25, 0.3) is 21.9 Å². The minimum Gasteiger partial charge on any atom is -0.493 e. The fourth-order valence-corrected chi connectivity index (χ4v) is 7.16. The molecule has 0 spiro atoms. The number of carbonyl (C=O) groups is 2. The van der Waals surface area contributed by atoms with Crippen LogP contribution in [0.2, 0.25) is 0 Å². The number of rotatable bonds is 6. The van der Waals surface area contributed by atoms with E-state index in [-0.39, 0.29) is 11.8 Å². The molecule has 6 heteroatoms. The number of benzene rings is 4. The van der Waals surface area contributed by atoms with E-state index in [2.05, 4.69) is 24.3 Å². The number of imide groups is 1. The molecular weight excluding hydrogens is 500 g/mol. The molecule has 0 N–H and O–H groups in total. The number of anilines is 1. The Morgan fingerprint density at radius 2 is 1.60 bits per heavy atom. The molecule has 4 aromatic carbocycles. The van der Waals surface area contributed by atoms with Gasteiger partial charge in [-0.2, -0.15) is 5.26 Å². The van der Waals surface area contributed by atoms with Crippen LogP contribution in [0.3, 0.4) is 0 Å². The summed E-state index contributed by atoms with van der Waals surface area (Å²) < 4.78 is 12.8. The Kier molecular flexibility index (Phi) is 5.55. The molecule has 3 heterocycles. The largest absolute Gasteiger partial charge is 0.493 e. The number of carbonyl (C=O) groups excluding carboxylic acids is 2. The number of fused-ring (bicyclic) bond motifs is 6. The second-order valence-electron chi connectivity index (χ2n) is 11.2. The molecule has 3 fully saturated rings. The Balaban J connectivity index is 1.16. The van der Waals surface area contributed by atoms with E-state index in [1.54, 1.807) is 12.1 Å². The van der Waals surface area contributed by atoms with Gasteiger partial charge < -0.3 is 9.47 Å². The van der Waals surface area contributed by atoms with E-state index in [1.165, 1.54) is 4.90 Å². The molecule has 4 atom stereocenters. The van der Waals surface area contributed by atoms with Gasteiger partial charge in [0.15, 0.2) is 0 Å². The first-order valence-corrected chi connectivity index (χ1v) is 13.7. The molecule has 3 saturated heterocycles. The average molecular weight is 529 g/mol. The molecule has 3 aliphatic rings. The van der Waals surface area contributed by atoms with Gasteiger partial charge in [-0.25, -0.2) is 4.90 Å². The third-order valence-electron chi connectivity index (χ3n) is 9.01. The maximum Gasteiger partial charge on any atom is 0.240 e. The van der Waals surface area contributed by atoms with E-state index in [9.17, 15) is 14.9 Å². The molecule has 2 amide bonds. The number of ether oxygens (including phenoxy) is 2. The second kappa shape index (κ2) is 9.04. The Hall–Kier alpha value is -4.47. The van der Waals surface area contributed by atoms with Crippen LogP contribution in [0.4, 0.5) is 5.69 Å². The summed E-state index contributed by atoms with van der Waals surface area (Å²) in [5.74, 6) is -0.783. The van der Waals surface area contributed by atoms with Crippen molar-refractivity contribution in [3.8, 4) is 22.9 Å². The van der Waals surface area contributed by atoms with Crippen molar-refractivity contribution >= 4 is 28.3 Å². The standard InChI is InChI=1S/C34H28N2O4/c1-33-16-17-34(40-33,18-19-39-25-11-7-10-23(20-25)22-8-3-2-4-9-22)30-29(33)31(37)36(32(30)38)28-15-14-24(21-35)26-12-5-6-13-27(26)28/h2-15,20,29-30H,16-19H2,1H3/t29-,30+,33-,34-/m1/s1. The zero-order valence-corrected chi connectivity index (χ0v) is 22.2. The molecule has 2 bridgehead atoms. The average Bonchev–Trinajstić information content (AvgIpc) is 3.57. The van der Waals surface area contributed by atoms with E-state index in [0.29, 0.717) is 30.7 Å². The van der Waals surface area contributed by atoms with Gasteiger partial charge in [-0.15, -0.1) is 0 Å². The minimum atomic E-state index is -0.750. The molecule has 4 aromatic rings. The summed E-state index contributed by atoms with van der Waals surface area (Å²) >= 11 is 0. The van der Waals surface area contributed by atoms with Crippen molar-refractivity contribution < 1.29 is 19.1 Å². The van der Waals surface area contributed by atoms with E-state index >= 15 is 0 Å². The summed E-state index contributed by atoms with van der Waals surface area (Å²) in [6, 6.07) is 31.2. The highest BCUT2D eigenvalue weighted by molar-refractivity contribution is 6.26. The Morgan fingerprint density at radius 3 is 2.40 bits per heavy atom. The molecule has 0 radical (unpaired) electrons. The zero-order valence-electron chi connectivity index (χ0n) is 22.2. The van der Waals surface area contributed by atoms with Gasteiger partial charge in [0.1, 0.15) is 5.75 Å². The monoisotopic (exact) mass is 528 g/mol. The van der Waals surface area contributed by atoms with Crippen LogP contribution in [0.1, 0.15) is 31.7 Å². The van der Waals surface area contributed by atoms with Crippen molar-refractivity contribution in [1.29, 1.82) is 5.26 Å². The van der Waals surface area contributed by atoms with E-state index in [0.717, 1.165) is 34.1 Å². The minimum absolute atomic E-state index is 0.217. The van der Waals surface area contributed by atoms with Crippen LogP contribution >= 0.6 is 0 Å². The number of hydrogen-bond donors (Lipinski definition) is 0. The fourth-order valence-electron chi connectivity index (χ4n) is 7.16. The molecule has 7 rings (SSSR count). The highest BCUT2D eigenvalue weighted by Gasteiger charge is 2.73. The smallest absolute Gasteiger partial charge is 0.240 e. The van der Waals surface area contributed by atoms with Crippen LogP contribution in [0.5, 0.6) is 5.75 Å². The van der Waals surface area contributed by atoms with Crippen molar-refractivity contribution in [2.45, 2.75) is 37.4 Å². The van der Waals surface area contributed by atoms with Crippen molar-refractivity contribution in [2.75, 3.05) is 11.5 Å². The molecule has 198 valence electrons. The zero-order chi connectivity index (χ0) is 27.5. The first kappa shape index (κ1) is 24.6. The lowest BCUT2D eigenvalue weighted by Gasteiger charge is -2.31. The first-order valence-electron chi connectivity index (χ1n) is 13.7. The number of amides is 2.